The first-order valence-electron chi connectivity index (χ1n) is 9.03. The summed E-state index contributed by atoms with van der Waals surface area (Å²) in [7, 11) is 0. The minimum absolute atomic E-state index is 0.0158. The van der Waals surface area contributed by atoms with Crippen molar-refractivity contribution in [2.45, 2.75) is 25.8 Å². The van der Waals surface area contributed by atoms with Gasteiger partial charge >= 0.3 is 0 Å². The van der Waals surface area contributed by atoms with Crippen LogP contribution in [0.4, 0.5) is 10.1 Å². The molecule has 1 unspecified atom stereocenters. The average molecular weight is 352 g/mol. The van der Waals surface area contributed by atoms with Gasteiger partial charge in [0.1, 0.15) is 5.82 Å². The van der Waals surface area contributed by atoms with Crippen molar-refractivity contribution in [1.82, 2.24) is 4.90 Å². The van der Waals surface area contributed by atoms with Crippen molar-refractivity contribution in [3.05, 3.63) is 65.5 Å². The van der Waals surface area contributed by atoms with E-state index in [1.807, 2.05) is 23.1 Å². The Labute approximate surface area is 152 Å². The van der Waals surface area contributed by atoms with Gasteiger partial charge in [0, 0.05) is 31.7 Å². The van der Waals surface area contributed by atoms with Gasteiger partial charge in [0.15, 0.2) is 0 Å². The molecule has 0 radical (unpaired) electrons. The minimum Gasteiger partial charge on any atom is -0.338 e. The highest BCUT2D eigenvalue weighted by atomic mass is 19.1. The molecule has 0 aromatic heterocycles. The van der Waals surface area contributed by atoms with Crippen LogP contribution in [-0.4, -0.2) is 29.8 Å². The van der Waals surface area contributed by atoms with Gasteiger partial charge in [-0.3, -0.25) is 9.59 Å². The molecular weight excluding hydrogens is 331 g/mol. The Morgan fingerprint density at radius 1 is 1.12 bits per heavy atom. The number of hydrogen-bond acceptors (Lipinski definition) is 2. The number of rotatable bonds is 3. The highest BCUT2D eigenvalue weighted by Crippen LogP contribution is 2.30. The number of carbonyl (C=O) groups excluding carboxylic acids is 2. The largest absolute Gasteiger partial charge is 0.338 e. The average Bonchev–Trinajstić information content (AvgIpc) is 3.03. The van der Waals surface area contributed by atoms with E-state index < -0.39 is 0 Å². The van der Waals surface area contributed by atoms with E-state index >= 15 is 0 Å². The molecule has 2 amide bonds. The minimum atomic E-state index is -0.311. The Bertz CT molecular complexity index is 834. The van der Waals surface area contributed by atoms with E-state index in [2.05, 4.69) is 6.07 Å². The van der Waals surface area contributed by atoms with Crippen LogP contribution in [0.15, 0.2) is 48.5 Å². The van der Waals surface area contributed by atoms with Crippen LogP contribution < -0.4 is 4.90 Å². The highest BCUT2D eigenvalue weighted by Gasteiger charge is 2.37. The van der Waals surface area contributed by atoms with Crippen molar-refractivity contribution in [2.24, 2.45) is 5.92 Å². The smallest absolute Gasteiger partial charge is 0.232 e. The zero-order valence-corrected chi connectivity index (χ0v) is 14.5. The van der Waals surface area contributed by atoms with Crippen LogP contribution in [0.1, 0.15) is 24.0 Å². The second-order valence-electron chi connectivity index (χ2n) is 7.02. The number of anilines is 1. The lowest BCUT2D eigenvalue weighted by Crippen LogP contribution is -2.40. The van der Waals surface area contributed by atoms with Crippen LogP contribution in [0.5, 0.6) is 0 Å². The first-order valence-corrected chi connectivity index (χ1v) is 9.03. The summed E-state index contributed by atoms with van der Waals surface area (Å²) < 4.78 is 13.0. The number of aryl methyl sites for hydroxylation is 1. The van der Waals surface area contributed by atoms with E-state index in [1.54, 1.807) is 17.0 Å². The van der Waals surface area contributed by atoms with Gasteiger partial charge in [-0.1, -0.05) is 30.3 Å². The molecule has 4 nitrogen and oxygen atoms in total. The third-order valence-corrected chi connectivity index (χ3v) is 5.23. The molecule has 2 aromatic carbocycles. The van der Waals surface area contributed by atoms with Crippen LogP contribution in [0.3, 0.4) is 0 Å². The SMILES string of the molecule is O=C1CC(C(=O)N2CCCc3ccccc32)CN1Cc1ccc(F)cc1. The zero-order valence-electron chi connectivity index (χ0n) is 14.5. The summed E-state index contributed by atoms with van der Waals surface area (Å²) in [5.74, 6) is -0.586. The fourth-order valence-electron chi connectivity index (χ4n) is 3.88. The summed E-state index contributed by atoms with van der Waals surface area (Å²) >= 11 is 0. The number of halogens is 1. The number of hydrogen-bond donors (Lipinski definition) is 0. The molecule has 26 heavy (non-hydrogen) atoms. The predicted octanol–water partition coefficient (Wildman–Crippen LogP) is 3.15. The first kappa shape index (κ1) is 16.8. The number of nitrogens with zero attached hydrogens (tertiary/aromatic N) is 2. The van der Waals surface area contributed by atoms with Crippen LogP contribution in [0.2, 0.25) is 0 Å². The standard InChI is InChI=1S/C21H21FN2O2/c22-18-9-7-15(8-10-18)13-23-14-17(12-20(23)25)21(26)24-11-3-5-16-4-1-2-6-19(16)24/h1-2,4,6-10,17H,3,5,11-14H2. The maximum atomic E-state index is 13.0. The fourth-order valence-corrected chi connectivity index (χ4v) is 3.88. The summed E-state index contributed by atoms with van der Waals surface area (Å²) in [6.07, 6.45) is 2.18. The Kier molecular flexibility index (Phi) is 4.45. The topological polar surface area (TPSA) is 40.6 Å². The highest BCUT2D eigenvalue weighted by molar-refractivity contribution is 5.99. The molecule has 2 aromatic rings. The summed E-state index contributed by atoms with van der Waals surface area (Å²) in [5.41, 5.74) is 3.05. The molecule has 0 spiro atoms. The molecule has 2 aliphatic heterocycles. The summed E-state index contributed by atoms with van der Waals surface area (Å²) in [6.45, 7) is 1.55. The molecule has 2 heterocycles. The summed E-state index contributed by atoms with van der Waals surface area (Å²) in [6, 6.07) is 14.1. The number of fused-ring (bicyclic) bond motifs is 1. The Morgan fingerprint density at radius 2 is 1.88 bits per heavy atom. The van der Waals surface area contributed by atoms with E-state index in [9.17, 15) is 14.0 Å². The lowest BCUT2D eigenvalue weighted by Gasteiger charge is -2.31. The fraction of sp³-hybridized carbons (Fsp3) is 0.333. The van der Waals surface area contributed by atoms with Gasteiger partial charge in [0.2, 0.25) is 11.8 Å². The third kappa shape index (κ3) is 3.21. The van der Waals surface area contributed by atoms with E-state index in [0.29, 0.717) is 19.6 Å². The normalized spacial score (nSPS) is 19.6. The Hall–Kier alpha value is -2.69. The molecular formula is C21H21FN2O2. The molecule has 0 aliphatic carbocycles. The second kappa shape index (κ2) is 6.90. The van der Waals surface area contributed by atoms with Crippen molar-refractivity contribution < 1.29 is 14.0 Å². The number of carbonyl (C=O) groups is 2. The van der Waals surface area contributed by atoms with Crippen LogP contribution in [0.25, 0.3) is 0 Å². The molecule has 0 N–H and O–H groups in total. The molecule has 0 saturated carbocycles. The van der Waals surface area contributed by atoms with Crippen LogP contribution in [0, 0.1) is 11.7 Å². The number of benzene rings is 2. The predicted molar refractivity (Wildman–Crippen MR) is 97.0 cm³/mol. The maximum Gasteiger partial charge on any atom is 0.232 e. The summed E-state index contributed by atoms with van der Waals surface area (Å²) in [5, 5.41) is 0. The molecule has 1 fully saturated rings. The quantitative estimate of drug-likeness (QED) is 0.851. The monoisotopic (exact) mass is 352 g/mol. The van der Waals surface area contributed by atoms with Gasteiger partial charge in [-0.15, -0.1) is 0 Å². The number of amides is 2. The van der Waals surface area contributed by atoms with Gasteiger partial charge in [0.05, 0.1) is 5.92 Å². The zero-order chi connectivity index (χ0) is 18.1. The van der Waals surface area contributed by atoms with Crippen molar-refractivity contribution in [1.29, 1.82) is 0 Å². The Morgan fingerprint density at radius 3 is 2.69 bits per heavy atom. The van der Waals surface area contributed by atoms with E-state index in [-0.39, 0.29) is 30.0 Å². The van der Waals surface area contributed by atoms with Crippen molar-refractivity contribution in [3.8, 4) is 0 Å². The lowest BCUT2D eigenvalue weighted by molar-refractivity contribution is -0.128. The van der Waals surface area contributed by atoms with Gasteiger partial charge in [-0.2, -0.15) is 0 Å². The number of para-hydroxylation sites is 1. The van der Waals surface area contributed by atoms with Crippen LogP contribution >= 0.6 is 0 Å². The first-order chi connectivity index (χ1) is 12.6. The Balaban J connectivity index is 1.47. The second-order valence-corrected chi connectivity index (χ2v) is 7.02. The number of likely N-dealkylation sites (tertiary alicyclic amines) is 1. The van der Waals surface area contributed by atoms with Gasteiger partial charge in [-0.25, -0.2) is 4.39 Å². The molecule has 1 saturated heterocycles. The van der Waals surface area contributed by atoms with E-state index in [4.69, 9.17) is 0 Å². The molecule has 1 atom stereocenters. The van der Waals surface area contributed by atoms with Crippen molar-refractivity contribution in [2.75, 3.05) is 18.0 Å². The molecule has 5 heteroatoms. The van der Waals surface area contributed by atoms with E-state index in [1.165, 1.54) is 17.7 Å². The molecule has 0 bridgehead atoms. The maximum absolute atomic E-state index is 13.0. The van der Waals surface area contributed by atoms with E-state index in [0.717, 1.165) is 24.1 Å². The van der Waals surface area contributed by atoms with Gasteiger partial charge in [-0.05, 0) is 42.2 Å². The lowest BCUT2D eigenvalue weighted by atomic mass is 9.99. The van der Waals surface area contributed by atoms with Crippen molar-refractivity contribution in [3.63, 3.8) is 0 Å². The molecule has 134 valence electrons. The summed E-state index contributed by atoms with van der Waals surface area (Å²) in [4.78, 5) is 29.0. The van der Waals surface area contributed by atoms with Crippen molar-refractivity contribution >= 4 is 17.5 Å². The van der Waals surface area contributed by atoms with Gasteiger partial charge in [0.25, 0.3) is 0 Å². The van der Waals surface area contributed by atoms with Crippen LogP contribution in [-0.2, 0) is 22.6 Å². The van der Waals surface area contributed by atoms with Gasteiger partial charge < -0.3 is 9.80 Å². The molecule has 2 aliphatic rings. The molecule has 4 rings (SSSR count). The third-order valence-electron chi connectivity index (χ3n) is 5.23.